The van der Waals surface area contributed by atoms with Crippen LogP contribution in [-0.2, 0) is 14.3 Å². The van der Waals surface area contributed by atoms with E-state index in [2.05, 4.69) is 4.18 Å². The van der Waals surface area contributed by atoms with Crippen LogP contribution in [-0.4, -0.2) is 13.9 Å². The Balaban J connectivity index is 2.44. The fraction of sp³-hybridized carbons (Fsp3) is 0.231. The van der Waals surface area contributed by atoms with Crippen LogP contribution >= 0.6 is 0 Å². The van der Waals surface area contributed by atoms with Gasteiger partial charge in [0, 0.05) is 0 Å². The first-order valence-electron chi connectivity index (χ1n) is 5.67. The van der Waals surface area contributed by atoms with Gasteiger partial charge in [0.15, 0.2) is 0 Å². The van der Waals surface area contributed by atoms with Crippen molar-refractivity contribution in [3.8, 4) is 0 Å². The summed E-state index contributed by atoms with van der Waals surface area (Å²) >= 11 is 0. The van der Waals surface area contributed by atoms with E-state index in [1.807, 2.05) is 0 Å². The molecule has 2 bridgehead atoms. The Bertz CT molecular complexity index is 674. The molecule has 0 saturated heterocycles. The number of allylic oxidation sites excluding steroid dienone is 9. The third-order valence-electron chi connectivity index (χ3n) is 2.90. The Kier molecular flexibility index (Phi) is 3.64. The molecule has 0 heterocycles. The van der Waals surface area contributed by atoms with Gasteiger partial charge in [-0.05, 0) is 36.1 Å². The van der Waals surface area contributed by atoms with Gasteiger partial charge >= 0.3 is 15.6 Å². The van der Waals surface area contributed by atoms with E-state index in [1.54, 1.807) is 30.4 Å². The molecule has 0 N–H and O–H groups in total. The van der Waals surface area contributed by atoms with Gasteiger partial charge in [-0.3, -0.25) is 0 Å². The predicted octanol–water partition coefficient (Wildman–Crippen LogP) is 3.51. The van der Waals surface area contributed by atoms with Crippen molar-refractivity contribution in [3.63, 3.8) is 0 Å². The maximum absolute atomic E-state index is 12.4. The Morgan fingerprint density at radius 1 is 1.15 bits per heavy atom. The summed E-state index contributed by atoms with van der Waals surface area (Å²) in [5, 5.41) is 0. The highest BCUT2D eigenvalue weighted by Gasteiger charge is 2.49. The predicted molar refractivity (Wildman–Crippen MR) is 67.8 cm³/mol. The number of fused-ring (bicyclic) bond motifs is 2. The second-order valence-corrected chi connectivity index (χ2v) is 5.84. The Labute approximate surface area is 114 Å². The van der Waals surface area contributed by atoms with Crippen molar-refractivity contribution in [3.05, 3.63) is 58.9 Å². The summed E-state index contributed by atoms with van der Waals surface area (Å²) in [6.07, 6.45) is 10.4. The van der Waals surface area contributed by atoms with Crippen molar-refractivity contribution in [2.24, 2.45) is 0 Å². The minimum absolute atomic E-state index is 0.313. The van der Waals surface area contributed by atoms with E-state index in [-0.39, 0.29) is 5.76 Å². The van der Waals surface area contributed by atoms with E-state index in [4.69, 9.17) is 0 Å². The van der Waals surface area contributed by atoms with Crippen LogP contribution in [0.4, 0.5) is 13.2 Å². The maximum Gasteiger partial charge on any atom is 0.534 e. The lowest BCUT2D eigenvalue weighted by Crippen LogP contribution is -2.25. The van der Waals surface area contributed by atoms with Crippen LogP contribution in [0.2, 0.25) is 0 Å². The first-order chi connectivity index (χ1) is 9.21. The average molecular weight is 304 g/mol. The summed E-state index contributed by atoms with van der Waals surface area (Å²) in [4.78, 5) is 0. The van der Waals surface area contributed by atoms with Gasteiger partial charge in [-0.1, -0.05) is 30.4 Å². The van der Waals surface area contributed by atoms with Crippen molar-refractivity contribution < 1.29 is 25.8 Å². The summed E-state index contributed by atoms with van der Waals surface area (Å²) in [7, 11) is -5.66. The summed E-state index contributed by atoms with van der Waals surface area (Å²) in [6, 6.07) is 0. The van der Waals surface area contributed by atoms with Crippen LogP contribution in [0.3, 0.4) is 0 Å². The smallest absolute Gasteiger partial charge is 0.376 e. The fourth-order valence-corrected chi connectivity index (χ4v) is 2.29. The minimum atomic E-state index is -5.66. The molecular formula is C13H11F3O3S. The quantitative estimate of drug-likeness (QED) is 0.579. The van der Waals surface area contributed by atoms with Crippen LogP contribution in [0.1, 0.15) is 13.3 Å². The molecule has 2 aliphatic carbocycles. The molecule has 0 saturated carbocycles. The topological polar surface area (TPSA) is 43.4 Å². The molecule has 0 aromatic carbocycles. The van der Waals surface area contributed by atoms with Gasteiger partial charge in [-0.25, -0.2) is 0 Å². The molecule has 0 aliphatic heterocycles. The van der Waals surface area contributed by atoms with Crippen LogP contribution < -0.4 is 0 Å². The minimum Gasteiger partial charge on any atom is -0.376 e. The Morgan fingerprint density at radius 2 is 1.80 bits per heavy atom. The van der Waals surface area contributed by atoms with Gasteiger partial charge in [0.25, 0.3) is 0 Å². The van der Waals surface area contributed by atoms with Crippen molar-refractivity contribution in [1.82, 2.24) is 0 Å². The second-order valence-electron chi connectivity index (χ2n) is 4.30. The van der Waals surface area contributed by atoms with Crippen molar-refractivity contribution >= 4 is 10.1 Å². The zero-order valence-electron chi connectivity index (χ0n) is 10.4. The van der Waals surface area contributed by atoms with Gasteiger partial charge in [0.05, 0.1) is 0 Å². The molecule has 0 aromatic heterocycles. The third kappa shape index (κ3) is 2.87. The van der Waals surface area contributed by atoms with Crippen molar-refractivity contribution in [1.29, 1.82) is 0 Å². The molecule has 2 aliphatic rings. The largest absolute Gasteiger partial charge is 0.534 e. The van der Waals surface area contributed by atoms with E-state index in [0.29, 0.717) is 17.6 Å². The molecule has 0 unspecified atom stereocenters. The molecule has 108 valence electrons. The molecule has 3 nitrogen and oxygen atoms in total. The number of rotatable bonds is 2. The number of hydrogen-bond acceptors (Lipinski definition) is 3. The lowest BCUT2D eigenvalue weighted by molar-refractivity contribution is -0.0520. The lowest BCUT2D eigenvalue weighted by Gasteiger charge is -2.12. The second kappa shape index (κ2) is 4.97. The number of hydrogen-bond donors (Lipinski definition) is 0. The summed E-state index contributed by atoms with van der Waals surface area (Å²) in [5.41, 5.74) is -3.52. The van der Waals surface area contributed by atoms with Gasteiger partial charge in [-0.15, -0.1) is 0 Å². The highest BCUT2D eigenvalue weighted by molar-refractivity contribution is 7.87. The Morgan fingerprint density at radius 3 is 2.45 bits per heavy atom. The van der Waals surface area contributed by atoms with Gasteiger partial charge < -0.3 is 4.18 Å². The van der Waals surface area contributed by atoms with Gasteiger partial charge in [0.2, 0.25) is 0 Å². The van der Waals surface area contributed by atoms with Crippen LogP contribution in [0.15, 0.2) is 58.9 Å². The SMILES string of the molecule is CC1=C(OS(=O)(=O)C(F)(F)F)C=CC2=CC=CC=C1C2. The molecular weight excluding hydrogens is 293 g/mol. The molecule has 0 spiro atoms. The molecule has 0 fully saturated rings. The summed E-state index contributed by atoms with van der Waals surface area (Å²) in [5.74, 6) is -0.313. The number of alkyl halides is 3. The summed E-state index contributed by atoms with van der Waals surface area (Å²) in [6.45, 7) is 1.53. The van der Waals surface area contributed by atoms with E-state index in [9.17, 15) is 21.6 Å². The van der Waals surface area contributed by atoms with E-state index in [0.717, 1.165) is 5.57 Å². The molecule has 0 amide bonds. The van der Waals surface area contributed by atoms with Crippen LogP contribution in [0.25, 0.3) is 0 Å². The van der Waals surface area contributed by atoms with Crippen molar-refractivity contribution in [2.45, 2.75) is 18.9 Å². The van der Waals surface area contributed by atoms with Gasteiger partial charge in [-0.2, -0.15) is 21.6 Å². The normalized spacial score (nSPS) is 19.2. The van der Waals surface area contributed by atoms with E-state index < -0.39 is 15.6 Å². The molecule has 0 aromatic rings. The zero-order chi connectivity index (χ0) is 15.0. The third-order valence-corrected chi connectivity index (χ3v) is 3.86. The molecule has 20 heavy (non-hydrogen) atoms. The monoisotopic (exact) mass is 304 g/mol. The van der Waals surface area contributed by atoms with Crippen molar-refractivity contribution in [2.75, 3.05) is 0 Å². The first kappa shape index (κ1) is 14.6. The van der Waals surface area contributed by atoms with E-state index >= 15 is 0 Å². The van der Waals surface area contributed by atoms with Crippen LogP contribution in [0.5, 0.6) is 0 Å². The number of halogens is 3. The Hall–Kier alpha value is -1.76. The molecule has 0 radical (unpaired) electrons. The molecule has 2 rings (SSSR count). The lowest BCUT2D eigenvalue weighted by atomic mass is 10.0. The zero-order valence-corrected chi connectivity index (χ0v) is 11.3. The highest BCUT2D eigenvalue weighted by atomic mass is 32.2. The highest BCUT2D eigenvalue weighted by Crippen LogP contribution is 2.33. The van der Waals surface area contributed by atoms with E-state index in [1.165, 1.54) is 13.0 Å². The average Bonchev–Trinajstić information content (AvgIpc) is 2.63. The van der Waals surface area contributed by atoms with Gasteiger partial charge in [0.1, 0.15) is 5.76 Å². The molecule has 0 atom stereocenters. The molecule has 7 heteroatoms. The maximum atomic E-state index is 12.4. The summed E-state index contributed by atoms with van der Waals surface area (Å²) < 4.78 is 63.4. The van der Waals surface area contributed by atoms with Crippen LogP contribution in [0, 0.1) is 0 Å². The standard InChI is InChI=1S/C13H11F3O3S/c1-9-11-5-3-2-4-10(8-11)6-7-12(9)19-20(17,18)13(14,15)16/h2-7H,8H2,1H3. The first-order valence-corrected chi connectivity index (χ1v) is 7.08. The fourth-order valence-electron chi connectivity index (χ4n) is 1.78.